The molecule has 0 bridgehead atoms. The highest BCUT2D eigenvalue weighted by Gasteiger charge is 2.65. The highest BCUT2D eigenvalue weighted by atomic mass is 32.5. The third kappa shape index (κ3) is 3.07. The van der Waals surface area contributed by atoms with E-state index in [1.54, 1.807) is 0 Å². The van der Waals surface area contributed by atoms with Gasteiger partial charge >= 0.3 is 10.2 Å². The first-order valence-corrected chi connectivity index (χ1v) is 7.40. The van der Waals surface area contributed by atoms with Gasteiger partial charge in [-0.25, -0.2) is 0 Å². The molecule has 0 N–H and O–H groups in total. The zero-order chi connectivity index (χ0) is 13.7. The molecule has 1 aliphatic rings. The minimum absolute atomic E-state index is 0.155. The van der Waals surface area contributed by atoms with Crippen LogP contribution in [-0.4, -0.2) is 6.10 Å². The molecule has 0 unspecified atom stereocenters. The topological polar surface area (TPSA) is 9.23 Å². The van der Waals surface area contributed by atoms with Gasteiger partial charge in [0.05, 0.1) is 6.10 Å². The van der Waals surface area contributed by atoms with Crippen molar-refractivity contribution in [2.24, 2.45) is 5.92 Å². The van der Waals surface area contributed by atoms with Crippen LogP contribution in [0.5, 0.6) is 5.75 Å². The highest BCUT2D eigenvalue weighted by Crippen LogP contribution is 3.02. The van der Waals surface area contributed by atoms with Crippen molar-refractivity contribution in [2.75, 3.05) is 0 Å². The summed E-state index contributed by atoms with van der Waals surface area (Å²) in [5.74, 6) is 0.312. The fraction of sp³-hybridized carbons (Fsp3) is 0.455. The molecule has 1 aromatic carbocycles. The lowest BCUT2D eigenvalue weighted by atomic mass is 9.84. The summed E-state index contributed by atoms with van der Waals surface area (Å²) in [5, 5.41) is 0. The third-order valence-corrected chi connectivity index (χ3v) is 4.03. The second kappa shape index (κ2) is 3.31. The van der Waals surface area contributed by atoms with E-state index in [9.17, 15) is 19.4 Å². The molecule has 1 aliphatic carbocycles. The highest BCUT2D eigenvalue weighted by molar-refractivity contribution is 8.45. The van der Waals surface area contributed by atoms with E-state index in [1.165, 1.54) is 6.07 Å². The van der Waals surface area contributed by atoms with Gasteiger partial charge in [0.25, 0.3) is 0 Å². The van der Waals surface area contributed by atoms with Crippen LogP contribution in [0.3, 0.4) is 0 Å². The molecule has 0 saturated heterocycles. The lowest BCUT2D eigenvalue weighted by molar-refractivity contribution is 0.0735. The van der Waals surface area contributed by atoms with Crippen molar-refractivity contribution in [3.63, 3.8) is 0 Å². The summed E-state index contributed by atoms with van der Waals surface area (Å²) >= 11 is 0. The molecule has 0 spiro atoms. The van der Waals surface area contributed by atoms with Gasteiger partial charge in [-0.15, -0.1) is 0 Å². The Balaban J connectivity index is 2.21. The van der Waals surface area contributed by atoms with Gasteiger partial charge in [-0.2, -0.15) is 0 Å². The fourth-order valence-electron chi connectivity index (χ4n) is 1.90. The number of hydrogen-bond acceptors (Lipinski definition) is 1. The number of rotatable bonds is 3. The van der Waals surface area contributed by atoms with Crippen LogP contribution in [0.4, 0.5) is 19.4 Å². The second-order valence-corrected chi connectivity index (χ2v) is 7.17. The average molecular weight is 288 g/mol. The maximum Gasteiger partial charge on any atom is 0.310 e. The summed E-state index contributed by atoms with van der Waals surface area (Å²) in [6.07, 6.45) is 1.30. The van der Waals surface area contributed by atoms with E-state index in [1.807, 2.05) is 6.92 Å². The molecule has 0 heterocycles. The Hall–Kier alpha value is -0.980. The first kappa shape index (κ1) is 13.5. The van der Waals surface area contributed by atoms with E-state index in [4.69, 9.17) is 4.74 Å². The van der Waals surface area contributed by atoms with Crippen molar-refractivity contribution < 1.29 is 24.2 Å². The molecule has 0 atom stereocenters. The van der Waals surface area contributed by atoms with Crippen molar-refractivity contribution in [3.05, 3.63) is 24.3 Å². The Morgan fingerprint density at radius 3 is 2.22 bits per heavy atom. The molecular formula is C11H13F5OS. The fourth-order valence-corrected chi connectivity index (χ4v) is 2.58. The first-order chi connectivity index (χ1) is 7.94. The van der Waals surface area contributed by atoms with Gasteiger partial charge in [0, 0.05) is 6.07 Å². The molecule has 1 aromatic rings. The van der Waals surface area contributed by atoms with E-state index in [0.29, 0.717) is 18.1 Å². The van der Waals surface area contributed by atoms with Gasteiger partial charge in [-0.3, -0.25) is 0 Å². The summed E-state index contributed by atoms with van der Waals surface area (Å²) < 4.78 is 68.1. The molecule has 1 saturated carbocycles. The predicted molar refractivity (Wildman–Crippen MR) is 60.7 cm³/mol. The van der Waals surface area contributed by atoms with Crippen LogP contribution in [0.25, 0.3) is 0 Å². The summed E-state index contributed by atoms with van der Waals surface area (Å²) in [4.78, 5) is -1.90. The third-order valence-electron chi connectivity index (χ3n) is 2.88. The van der Waals surface area contributed by atoms with Crippen LogP contribution in [0.15, 0.2) is 29.2 Å². The number of benzene rings is 1. The predicted octanol–water partition coefficient (Wildman–Crippen LogP) is 5.52. The number of hydrogen-bond donors (Lipinski definition) is 0. The molecule has 0 radical (unpaired) electrons. The zero-order valence-corrected chi connectivity index (χ0v) is 10.4. The minimum atomic E-state index is -9.61. The van der Waals surface area contributed by atoms with Gasteiger partial charge in [0.15, 0.2) is 0 Å². The molecule has 1 nitrogen and oxygen atoms in total. The summed E-state index contributed by atoms with van der Waals surface area (Å²) in [7, 11) is -9.61. The van der Waals surface area contributed by atoms with Crippen molar-refractivity contribution in [2.45, 2.75) is 30.8 Å². The van der Waals surface area contributed by atoms with E-state index in [-0.39, 0.29) is 11.9 Å². The second-order valence-electron chi connectivity index (χ2n) is 4.76. The molecule has 1 fully saturated rings. The standard InChI is InChI=1S/C11H13F5OS/c1-8-5-10(6-8)17-9-3-2-4-11(7-9)18(12,13,14,15)16/h2-4,7-8,10H,5-6H2,1H3. The van der Waals surface area contributed by atoms with E-state index >= 15 is 0 Å². The van der Waals surface area contributed by atoms with Gasteiger partial charge in [-0.1, -0.05) is 32.4 Å². The van der Waals surface area contributed by atoms with Gasteiger partial charge in [0.1, 0.15) is 10.6 Å². The van der Waals surface area contributed by atoms with Crippen LogP contribution in [-0.2, 0) is 0 Å². The van der Waals surface area contributed by atoms with Crippen LogP contribution < -0.4 is 4.74 Å². The van der Waals surface area contributed by atoms with Crippen molar-refractivity contribution >= 4 is 10.2 Å². The molecule has 2 rings (SSSR count). The van der Waals surface area contributed by atoms with E-state index in [2.05, 4.69) is 0 Å². The maximum absolute atomic E-state index is 12.6. The summed E-state index contributed by atoms with van der Waals surface area (Å²) in [6, 6.07) is 2.95. The van der Waals surface area contributed by atoms with Crippen LogP contribution in [0.1, 0.15) is 19.8 Å². The minimum Gasteiger partial charge on any atom is -0.490 e. The Labute approximate surface area is 102 Å². The average Bonchev–Trinajstić information content (AvgIpc) is 2.12. The van der Waals surface area contributed by atoms with Crippen LogP contribution in [0, 0.1) is 5.92 Å². The first-order valence-electron chi connectivity index (χ1n) is 5.45. The Morgan fingerprint density at radius 2 is 1.72 bits per heavy atom. The normalized spacial score (nSPS) is 27.9. The van der Waals surface area contributed by atoms with E-state index in [0.717, 1.165) is 18.9 Å². The van der Waals surface area contributed by atoms with Crippen LogP contribution in [0.2, 0.25) is 0 Å². The molecule has 18 heavy (non-hydrogen) atoms. The van der Waals surface area contributed by atoms with Crippen LogP contribution >= 0.6 is 10.2 Å². The SMILES string of the molecule is CC1CC(Oc2cccc(S(F)(F)(F)(F)F)c2)C1. The molecular weight excluding hydrogens is 275 g/mol. The van der Waals surface area contributed by atoms with Gasteiger partial charge < -0.3 is 4.74 Å². The van der Waals surface area contributed by atoms with Gasteiger partial charge in [-0.05, 0) is 30.9 Å². The molecule has 0 amide bonds. The van der Waals surface area contributed by atoms with Crippen molar-refractivity contribution in [1.29, 1.82) is 0 Å². The van der Waals surface area contributed by atoms with Gasteiger partial charge in [0.2, 0.25) is 0 Å². The monoisotopic (exact) mass is 288 g/mol. The Morgan fingerprint density at radius 1 is 1.11 bits per heavy atom. The quantitative estimate of drug-likeness (QED) is 0.665. The van der Waals surface area contributed by atoms with Crippen molar-refractivity contribution in [3.8, 4) is 5.75 Å². The Kier molecular flexibility index (Phi) is 2.48. The van der Waals surface area contributed by atoms with Crippen molar-refractivity contribution in [1.82, 2.24) is 0 Å². The maximum atomic E-state index is 12.6. The Bertz CT molecular complexity index is 463. The lowest BCUT2D eigenvalue weighted by Gasteiger charge is -2.41. The largest absolute Gasteiger partial charge is 0.490 e. The van der Waals surface area contributed by atoms with E-state index < -0.39 is 15.1 Å². The number of halogens is 5. The molecule has 104 valence electrons. The number of ether oxygens (including phenoxy) is 1. The molecule has 0 aliphatic heterocycles. The molecule has 7 heteroatoms. The summed E-state index contributed by atoms with van der Waals surface area (Å²) in [6.45, 7) is 1.99. The summed E-state index contributed by atoms with van der Waals surface area (Å²) in [5.41, 5.74) is 0. The zero-order valence-electron chi connectivity index (χ0n) is 9.58. The molecule has 0 aromatic heterocycles. The lowest BCUT2D eigenvalue weighted by Crippen LogP contribution is -2.31. The smallest absolute Gasteiger partial charge is 0.310 e.